The molecule has 0 spiro atoms. The summed E-state index contributed by atoms with van der Waals surface area (Å²) in [5, 5.41) is 9.65. The van der Waals surface area contributed by atoms with Gasteiger partial charge < -0.3 is 15.0 Å². The number of nitrogens with zero attached hydrogens (tertiary/aromatic N) is 3. The Balaban J connectivity index is 2.24. The van der Waals surface area contributed by atoms with Gasteiger partial charge in [0.05, 0.1) is 10.7 Å². The van der Waals surface area contributed by atoms with Crippen molar-refractivity contribution >= 4 is 46.6 Å². The number of carbonyl (C=O) groups is 1. The average molecular weight is 468 g/mol. The molecule has 2 aromatic rings. The van der Waals surface area contributed by atoms with Gasteiger partial charge in [0.25, 0.3) is 0 Å². The van der Waals surface area contributed by atoms with Crippen molar-refractivity contribution in [2.24, 2.45) is 0 Å². The van der Waals surface area contributed by atoms with E-state index in [-0.39, 0.29) is 40.5 Å². The summed E-state index contributed by atoms with van der Waals surface area (Å²) in [5.41, 5.74) is -0.418. The molecule has 1 heterocycles. The number of anilines is 1. The van der Waals surface area contributed by atoms with Crippen LogP contribution in [0.15, 0.2) is 18.2 Å². The van der Waals surface area contributed by atoms with Gasteiger partial charge in [-0.3, -0.25) is 0 Å². The maximum Gasteiger partial charge on any atom is 0.407 e. The Morgan fingerprint density at radius 1 is 1.17 bits per heavy atom. The summed E-state index contributed by atoms with van der Waals surface area (Å²) in [6.45, 7) is 5.31. The van der Waals surface area contributed by atoms with Gasteiger partial charge >= 0.3 is 6.09 Å². The molecule has 29 heavy (non-hydrogen) atoms. The van der Waals surface area contributed by atoms with Crippen molar-refractivity contribution in [1.29, 1.82) is 0 Å². The molecule has 0 aliphatic heterocycles. The summed E-state index contributed by atoms with van der Waals surface area (Å²) in [6, 6.07) is 3.34. The summed E-state index contributed by atoms with van der Waals surface area (Å²) < 4.78 is 33.3. The lowest BCUT2D eigenvalue weighted by Gasteiger charge is -2.26. The normalized spacial score (nSPS) is 11.3. The molecule has 0 unspecified atom stereocenters. The number of halogens is 5. The topological polar surface area (TPSA) is 67.3 Å². The average Bonchev–Trinajstić information content (AvgIpc) is 2.61. The van der Waals surface area contributed by atoms with E-state index < -0.39 is 23.3 Å². The zero-order valence-electron chi connectivity index (χ0n) is 15.9. The SMILES string of the molecule is CC(C)(C)OC(=O)NCCN(Cc1c(F)ccc(F)c1Cl)c1cc(Cl)nnc1Cl. The summed E-state index contributed by atoms with van der Waals surface area (Å²) in [5.74, 6) is -1.45. The number of alkyl carbamates (subject to hydrolysis) is 1. The van der Waals surface area contributed by atoms with Gasteiger partial charge in [0.2, 0.25) is 0 Å². The van der Waals surface area contributed by atoms with Crippen LogP contribution in [0, 0.1) is 11.6 Å². The Hall–Kier alpha value is -1.90. The number of nitrogens with one attached hydrogen (secondary N) is 1. The first-order valence-electron chi connectivity index (χ1n) is 8.51. The van der Waals surface area contributed by atoms with Crippen LogP contribution < -0.4 is 10.2 Å². The number of ether oxygens (including phenoxy) is 1. The second kappa shape index (κ2) is 9.73. The fourth-order valence-corrected chi connectivity index (χ4v) is 2.93. The molecular weight excluding hydrogens is 449 g/mol. The molecule has 2 rings (SSSR count). The number of rotatable bonds is 6. The Morgan fingerprint density at radius 3 is 2.48 bits per heavy atom. The third-order valence-corrected chi connectivity index (χ3v) is 4.44. The smallest absolute Gasteiger partial charge is 0.407 e. The second-order valence-electron chi connectivity index (χ2n) is 7.02. The predicted octanol–water partition coefficient (Wildman–Crippen LogP) is 5.25. The minimum Gasteiger partial charge on any atom is -0.444 e. The molecule has 1 aromatic carbocycles. The van der Waals surface area contributed by atoms with E-state index in [0.29, 0.717) is 5.69 Å². The first kappa shape index (κ1) is 23.4. The van der Waals surface area contributed by atoms with Crippen molar-refractivity contribution < 1.29 is 18.3 Å². The summed E-state index contributed by atoms with van der Waals surface area (Å²) >= 11 is 17.9. The Morgan fingerprint density at radius 2 is 1.83 bits per heavy atom. The molecule has 0 atom stereocenters. The second-order valence-corrected chi connectivity index (χ2v) is 8.14. The molecule has 0 aliphatic rings. The van der Waals surface area contributed by atoms with Crippen LogP contribution >= 0.6 is 34.8 Å². The molecule has 0 radical (unpaired) electrons. The highest BCUT2D eigenvalue weighted by atomic mass is 35.5. The van der Waals surface area contributed by atoms with Crippen LogP contribution in [0.1, 0.15) is 26.3 Å². The molecule has 0 saturated heterocycles. The minimum absolute atomic E-state index is 0.000369. The van der Waals surface area contributed by atoms with Crippen LogP contribution in [-0.4, -0.2) is 35.0 Å². The van der Waals surface area contributed by atoms with Gasteiger partial charge in [-0.1, -0.05) is 34.8 Å². The zero-order valence-corrected chi connectivity index (χ0v) is 18.2. The summed E-state index contributed by atoms with van der Waals surface area (Å²) in [6.07, 6.45) is -0.621. The first-order valence-corrected chi connectivity index (χ1v) is 9.64. The fourth-order valence-electron chi connectivity index (χ4n) is 2.36. The van der Waals surface area contributed by atoms with Crippen LogP contribution in [-0.2, 0) is 11.3 Å². The molecule has 0 bridgehead atoms. The minimum atomic E-state index is -0.758. The van der Waals surface area contributed by atoms with E-state index in [9.17, 15) is 13.6 Å². The van der Waals surface area contributed by atoms with E-state index in [4.69, 9.17) is 39.5 Å². The summed E-state index contributed by atoms with van der Waals surface area (Å²) in [7, 11) is 0. The molecule has 158 valence electrons. The molecule has 11 heteroatoms. The Kier molecular flexibility index (Phi) is 7.85. The number of hydrogen-bond acceptors (Lipinski definition) is 5. The van der Waals surface area contributed by atoms with Crippen molar-refractivity contribution in [2.75, 3.05) is 18.0 Å². The number of amides is 1. The first-order chi connectivity index (χ1) is 13.5. The predicted molar refractivity (Wildman–Crippen MR) is 109 cm³/mol. The van der Waals surface area contributed by atoms with Gasteiger partial charge in [-0.05, 0) is 32.9 Å². The van der Waals surface area contributed by atoms with Crippen LogP contribution in [0.5, 0.6) is 0 Å². The van der Waals surface area contributed by atoms with Crippen molar-refractivity contribution in [3.8, 4) is 0 Å². The van der Waals surface area contributed by atoms with Crippen molar-refractivity contribution in [3.63, 3.8) is 0 Å². The largest absolute Gasteiger partial charge is 0.444 e. The van der Waals surface area contributed by atoms with Gasteiger partial charge in [-0.2, -0.15) is 0 Å². The molecule has 6 nitrogen and oxygen atoms in total. The number of aromatic nitrogens is 2. The lowest BCUT2D eigenvalue weighted by atomic mass is 10.1. The maximum absolute atomic E-state index is 14.3. The van der Waals surface area contributed by atoms with Crippen LogP contribution in [0.3, 0.4) is 0 Å². The Bertz CT molecular complexity index is 894. The summed E-state index contributed by atoms with van der Waals surface area (Å²) in [4.78, 5) is 13.4. The monoisotopic (exact) mass is 466 g/mol. The van der Waals surface area contributed by atoms with Gasteiger partial charge in [0, 0.05) is 31.3 Å². The number of hydrogen-bond donors (Lipinski definition) is 1. The maximum atomic E-state index is 14.3. The molecule has 1 aromatic heterocycles. The van der Waals surface area contributed by atoms with Crippen LogP contribution in [0.4, 0.5) is 19.3 Å². The van der Waals surface area contributed by atoms with E-state index >= 15 is 0 Å². The van der Waals surface area contributed by atoms with Gasteiger partial charge in [0.1, 0.15) is 17.2 Å². The van der Waals surface area contributed by atoms with E-state index in [0.717, 1.165) is 12.1 Å². The van der Waals surface area contributed by atoms with Crippen molar-refractivity contribution in [2.45, 2.75) is 32.9 Å². The lowest BCUT2D eigenvalue weighted by molar-refractivity contribution is 0.0529. The molecule has 1 N–H and O–H groups in total. The van der Waals surface area contributed by atoms with E-state index in [2.05, 4.69) is 15.5 Å². The molecule has 0 saturated carbocycles. The highest BCUT2D eigenvalue weighted by Crippen LogP contribution is 2.30. The van der Waals surface area contributed by atoms with E-state index in [1.165, 1.54) is 6.07 Å². The number of carbonyl (C=O) groups excluding carboxylic acids is 1. The van der Waals surface area contributed by atoms with Crippen molar-refractivity contribution in [1.82, 2.24) is 15.5 Å². The molecular formula is C18H19Cl3F2N4O2. The van der Waals surface area contributed by atoms with E-state index in [1.54, 1.807) is 25.7 Å². The highest BCUT2D eigenvalue weighted by Gasteiger charge is 2.20. The standard InChI is InChI=1S/C18H19Cl3F2N4O2/c1-18(2,3)29-17(28)24-6-7-27(13-8-14(19)25-26-16(13)21)9-10-11(22)4-5-12(23)15(10)20/h4-5,8H,6-7,9H2,1-3H3,(H,24,28). The Labute approximate surface area is 182 Å². The lowest BCUT2D eigenvalue weighted by Crippen LogP contribution is -2.38. The molecule has 0 aliphatic carbocycles. The molecule has 0 fully saturated rings. The zero-order chi connectivity index (χ0) is 21.8. The number of benzene rings is 1. The van der Waals surface area contributed by atoms with E-state index in [1.807, 2.05) is 0 Å². The van der Waals surface area contributed by atoms with Gasteiger partial charge in [-0.15, -0.1) is 10.2 Å². The molecule has 1 amide bonds. The van der Waals surface area contributed by atoms with Crippen LogP contribution in [0.2, 0.25) is 15.3 Å². The van der Waals surface area contributed by atoms with Crippen LogP contribution in [0.25, 0.3) is 0 Å². The fraction of sp³-hybridized carbons (Fsp3) is 0.389. The van der Waals surface area contributed by atoms with Gasteiger partial charge in [-0.25, -0.2) is 13.6 Å². The third-order valence-electron chi connectivity index (χ3n) is 3.58. The highest BCUT2D eigenvalue weighted by molar-refractivity contribution is 6.33. The van der Waals surface area contributed by atoms with Crippen molar-refractivity contribution in [3.05, 3.63) is 50.7 Å². The quantitative estimate of drug-likeness (QED) is 0.588. The van der Waals surface area contributed by atoms with Gasteiger partial charge in [0.15, 0.2) is 10.3 Å². The third kappa shape index (κ3) is 6.83.